The van der Waals surface area contributed by atoms with E-state index in [4.69, 9.17) is 10.6 Å². The maximum atomic E-state index is 13.5. The van der Waals surface area contributed by atoms with Gasteiger partial charge >= 0.3 is 11.9 Å². The summed E-state index contributed by atoms with van der Waals surface area (Å²) in [6.07, 6.45) is 3.48. The fourth-order valence-corrected chi connectivity index (χ4v) is 5.42. The van der Waals surface area contributed by atoms with Crippen LogP contribution in [0.15, 0.2) is 40.5 Å². The third-order valence-electron chi connectivity index (χ3n) is 5.47. The number of nitrogen functional groups attached to an aromatic ring is 1. The number of oxime groups is 1. The molecule has 0 bridgehead atoms. The topological polar surface area (TPSA) is 201 Å². The first kappa shape index (κ1) is 26.9. The number of halogens is 1. The Balaban J connectivity index is 1.55. The second kappa shape index (κ2) is 10.3. The van der Waals surface area contributed by atoms with Crippen LogP contribution in [-0.2, 0) is 30.6 Å². The maximum absolute atomic E-state index is 13.5. The van der Waals surface area contributed by atoms with E-state index >= 15 is 0 Å². The Morgan fingerprint density at radius 2 is 2.13 bits per heavy atom. The van der Waals surface area contributed by atoms with E-state index in [0.29, 0.717) is 5.57 Å². The van der Waals surface area contributed by atoms with Gasteiger partial charge in [0.15, 0.2) is 17.0 Å². The lowest BCUT2D eigenvalue weighted by atomic mass is 10.0. The summed E-state index contributed by atoms with van der Waals surface area (Å²) in [7, 11) is 0. The van der Waals surface area contributed by atoms with E-state index in [9.17, 15) is 33.8 Å². The number of anilines is 1. The molecule has 2 atom stereocenters. The van der Waals surface area contributed by atoms with Gasteiger partial charge in [0.1, 0.15) is 35.5 Å². The van der Waals surface area contributed by atoms with Crippen molar-refractivity contribution >= 4 is 57.7 Å². The number of aromatic nitrogens is 3. The Labute approximate surface area is 222 Å². The minimum absolute atomic E-state index is 0.000231. The molecule has 1 saturated heterocycles. The number of rotatable bonds is 9. The SMILES string of the molecule is CC(C)(O/N=C(\C(=O)N[C@@H]1C(=O)N2C(C(=O)O)=C(C[n+]3cncc(F)c3)CSC12)c1csc(N)n1)C(=O)O. The van der Waals surface area contributed by atoms with Crippen molar-refractivity contribution in [1.82, 2.24) is 20.2 Å². The molecule has 1 fully saturated rings. The number of nitrogens with zero attached hydrogens (tertiary/aromatic N) is 5. The molecule has 0 radical (unpaired) electrons. The van der Waals surface area contributed by atoms with E-state index < -0.39 is 52.3 Å². The number of carboxylic acids is 2. The number of hydrogen-bond donors (Lipinski definition) is 4. The second-order valence-electron chi connectivity index (χ2n) is 8.62. The van der Waals surface area contributed by atoms with Gasteiger partial charge < -0.3 is 26.1 Å². The summed E-state index contributed by atoms with van der Waals surface area (Å²) < 4.78 is 14.9. The van der Waals surface area contributed by atoms with Gasteiger partial charge in [0, 0.05) is 16.7 Å². The van der Waals surface area contributed by atoms with E-state index in [2.05, 4.69) is 20.4 Å². The predicted octanol–water partition coefficient (Wildman–Crippen LogP) is -0.430. The molecule has 4 rings (SSSR count). The van der Waals surface area contributed by atoms with E-state index in [1.54, 1.807) is 0 Å². The number of β-lactam (4-membered cyclic amide) rings is 1. The lowest BCUT2D eigenvalue weighted by Crippen LogP contribution is -2.71. The molecule has 1 unspecified atom stereocenters. The highest BCUT2D eigenvalue weighted by Gasteiger charge is 2.54. The van der Waals surface area contributed by atoms with Gasteiger partial charge in [0.05, 0.1) is 0 Å². The quantitative estimate of drug-likeness (QED) is 0.133. The third-order valence-corrected chi connectivity index (χ3v) is 7.49. The van der Waals surface area contributed by atoms with Gasteiger partial charge in [-0.1, -0.05) is 10.1 Å². The van der Waals surface area contributed by atoms with E-state index in [-0.39, 0.29) is 28.8 Å². The summed E-state index contributed by atoms with van der Waals surface area (Å²) in [6, 6.07) is -1.11. The summed E-state index contributed by atoms with van der Waals surface area (Å²) in [5, 5.41) is 26.1. The first-order valence-corrected chi connectivity index (χ1v) is 12.7. The highest BCUT2D eigenvalue weighted by atomic mass is 32.2. The Morgan fingerprint density at radius 1 is 1.39 bits per heavy atom. The Morgan fingerprint density at radius 3 is 2.74 bits per heavy atom. The van der Waals surface area contributed by atoms with Crippen molar-refractivity contribution in [2.24, 2.45) is 5.16 Å². The zero-order valence-electron chi connectivity index (χ0n) is 19.8. The highest BCUT2D eigenvalue weighted by Crippen LogP contribution is 2.40. The van der Waals surface area contributed by atoms with Gasteiger partial charge in [-0.05, 0) is 13.8 Å². The molecule has 0 spiro atoms. The van der Waals surface area contributed by atoms with Crippen LogP contribution >= 0.6 is 23.1 Å². The molecule has 17 heteroatoms. The molecule has 0 aliphatic carbocycles. The monoisotopic (exact) mass is 566 g/mol. The smallest absolute Gasteiger partial charge is 0.352 e. The molecule has 2 aliphatic heterocycles. The zero-order chi connectivity index (χ0) is 27.8. The summed E-state index contributed by atoms with van der Waals surface area (Å²) in [5.41, 5.74) is 3.57. The number of carbonyl (C=O) groups excluding carboxylic acids is 2. The molecule has 2 aromatic rings. The first-order valence-electron chi connectivity index (χ1n) is 10.8. The van der Waals surface area contributed by atoms with E-state index in [0.717, 1.165) is 28.6 Å². The van der Waals surface area contributed by atoms with Gasteiger partial charge in [0.2, 0.25) is 11.4 Å². The molecule has 38 heavy (non-hydrogen) atoms. The lowest BCUT2D eigenvalue weighted by Gasteiger charge is -2.49. The summed E-state index contributed by atoms with van der Waals surface area (Å²) in [6.45, 7) is 2.45. The zero-order valence-corrected chi connectivity index (χ0v) is 21.5. The van der Waals surface area contributed by atoms with Gasteiger partial charge in [-0.15, -0.1) is 23.1 Å². The minimum atomic E-state index is -1.78. The van der Waals surface area contributed by atoms with Gasteiger partial charge in [0.25, 0.3) is 18.1 Å². The number of fused-ring (bicyclic) bond motifs is 1. The van der Waals surface area contributed by atoms with Crippen LogP contribution in [0, 0.1) is 5.82 Å². The van der Waals surface area contributed by atoms with E-state index in [1.807, 2.05) is 0 Å². The van der Waals surface area contributed by atoms with Gasteiger partial charge in [-0.25, -0.2) is 19.1 Å². The van der Waals surface area contributed by atoms with Crippen molar-refractivity contribution in [3.05, 3.63) is 46.9 Å². The molecule has 200 valence electrons. The highest BCUT2D eigenvalue weighted by molar-refractivity contribution is 8.00. The van der Waals surface area contributed by atoms with Crippen molar-refractivity contribution < 1.29 is 43.2 Å². The Bertz CT molecular complexity index is 1390. The lowest BCUT2D eigenvalue weighted by molar-refractivity contribution is -0.693. The fraction of sp³-hybridized carbons (Fsp3) is 0.333. The van der Waals surface area contributed by atoms with Crippen LogP contribution in [0.4, 0.5) is 9.52 Å². The number of carboxylic acid groups (broad SMARTS) is 2. The van der Waals surface area contributed by atoms with Crippen LogP contribution in [-0.4, -0.2) is 77.3 Å². The molecule has 5 N–H and O–H groups in total. The van der Waals surface area contributed by atoms with Crippen molar-refractivity contribution in [3.8, 4) is 0 Å². The molecular weight excluding hydrogens is 545 g/mol. The second-order valence-corrected chi connectivity index (χ2v) is 10.6. The molecule has 0 aromatic carbocycles. The summed E-state index contributed by atoms with van der Waals surface area (Å²) >= 11 is 2.22. The summed E-state index contributed by atoms with van der Waals surface area (Å²) in [5.74, 6) is -4.69. The number of thiazole rings is 1. The average molecular weight is 567 g/mol. The molecule has 4 heterocycles. The van der Waals surface area contributed by atoms with Crippen LogP contribution in [0.1, 0.15) is 19.5 Å². The van der Waals surface area contributed by atoms with Crippen molar-refractivity contribution in [1.29, 1.82) is 0 Å². The fourth-order valence-electron chi connectivity index (χ4n) is 3.54. The number of hydrogen-bond acceptors (Lipinski definition) is 11. The standard InChI is InChI=1S/C21H20FN7O7S2/c1-21(2,19(34)35)36-27-12(11-7-38-20(23)25-11)15(30)26-13-16(31)29-14(18(32)33)9(6-37-17(13)29)4-28-5-10(22)3-24-8-28/h3,5,7-8,13,17H,4,6H2,1-2H3,(H4-,23,25,26,30,32,33,34,35)/p+1/b27-12-/t13-,17?/m1/s1. The number of nitrogens with one attached hydrogen (secondary N) is 1. The first-order chi connectivity index (χ1) is 17.9. The minimum Gasteiger partial charge on any atom is -0.478 e. The van der Waals surface area contributed by atoms with Crippen molar-refractivity contribution in [3.63, 3.8) is 0 Å². The van der Waals surface area contributed by atoms with E-state index in [1.165, 1.54) is 41.9 Å². The normalized spacial score (nSPS) is 19.5. The van der Waals surface area contributed by atoms with Crippen LogP contribution < -0.4 is 15.6 Å². The van der Waals surface area contributed by atoms with Gasteiger partial charge in [-0.2, -0.15) is 4.39 Å². The molecule has 14 nitrogen and oxygen atoms in total. The predicted molar refractivity (Wildman–Crippen MR) is 130 cm³/mol. The third kappa shape index (κ3) is 5.28. The van der Waals surface area contributed by atoms with Crippen LogP contribution in [0.2, 0.25) is 0 Å². The van der Waals surface area contributed by atoms with Crippen molar-refractivity contribution in [2.45, 2.75) is 37.4 Å². The Hall–Kier alpha value is -4.12. The van der Waals surface area contributed by atoms with Crippen LogP contribution in [0.3, 0.4) is 0 Å². The number of nitrogens with two attached hydrogens (primary N) is 1. The number of aliphatic carboxylic acids is 2. The molecule has 2 aliphatic rings. The number of thioether (sulfide) groups is 1. The summed E-state index contributed by atoms with van der Waals surface area (Å²) in [4.78, 5) is 63.4. The molecule has 2 amide bonds. The average Bonchev–Trinajstić information content (AvgIpc) is 3.27. The Kier molecular flexibility index (Phi) is 7.32. The molecule has 2 aromatic heterocycles. The van der Waals surface area contributed by atoms with Gasteiger partial charge in [-0.3, -0.25) is 14.5 Å². The van der Waals surface area contributed by atoms with Crippen molar-refractivity contribution in [2.75, 3.05) is 11.5 Å². The molecular formula is C21H21FN7O7S2+. The van der Waals surface area contributed by atoms with Crippen LogP contribution in [0.25, 0.3) is 0 Å². The maximum Gasteiger partial charge on any atom is 0.352 e. The number of amides is 2. The largest absolute Gasteiger partial charge is 0.478 e. The molecule has 0 saturated carbocycles. The van der Waals surface area contributed by atoms with Crippen LogP contribution in [0.5, 0.6) is 0 Å². The number of carbonyl (C=O) groups is 4.